The van der Waals surface area contributed by atoms with E-state index in [1.165, 1.54) is 5.69 Å². The van der Waals surface area contributed by atoms with Gasteiger partial charge in [-0.1, -0.05) is 12.1 Å². The van der Waals surface area contributed by atoms with Gasteiger partial charge in [0.15, 0.2) is 0 Å². The van der Waals surface area contributed by atoms with E-state index < -0.39 is 0 Å². The maximum absolute atomic E-state index is 9.52. The minimum Gasteiger partial charge on any atom is -0.389 e. The van der Waals surface area contributed by atoms with Gasteiger partial charge in [-0.15, -0.1) is 0 Å². The highest BCUT2D eigenvalue weighted by molar-refractivity contribution is 5.49. The first-order valence-electron chi connectivity index (χ1n) is 6.64. The first-order chi connectivity index (χ1) is 8.40. The number of aliphatic hydroxyl groups is 1. The smallest absolute Gasteiger partial charge is 0.0761 e. The molecular weight excluding hydrogens is 224 g/mol. The molecule has 0 radical (unpaired) electrons. The molecule has 0 aromatic heterocycles. The first-order valence-corrected chi connectivity index (χ1v) is 6.64. The fourth-order valence-corrected chi connectivity index (χ4v) is 2.42. The summed E-state index contributed by atoms with van der Waals surface area (Å²) >= 11 is 0. The summed E-state index contributed by atoms with van der Waals surface area (Å²) in [6, 6.07) is 8.27. The van der Waals surface area contributed by atoms with Crippen molar-refractivity contribution < 1.29 is 5.11 Å². The fourth-order valence-electron chi connectivity index (χ4n) is 2.42. The van der Waals surface area contributed by atoms with Crippen molar-refractivity contribution in [3.05, 3.63) is 29.8 Å². The van der Waals surface area contributed by atoms with Gasteiger partial charge in [0.25, 0.3) is 0 Å². The molecule has 1 saturated heterocycles. The molecule has 3 heteroatoms. The lowest BCUT2D eigenvalue weighted by Gasteiger charge is -2.46. The van der Waals surface area contributed by atoms with E-state index in [2.05, 4.69) is 42.8 Å². The third-order valence-corrected chi connectivity index (χ3v) is 4.06. The van der Waals surface area contributed by atoms with Crippen LogP contribution in [0.1, 0.15) is 32.4 Å². The summed E-state index contributed by atoms with van der Waals surface area (Å²) in [4.78, 5) is 4.83. The highest BCUT2D eigenvalue weighted by atomic mass is 16.3. The van der Waals surface area contributed by atoms with Gasteiger partial charge in [-0.3, -0.25) is 4.90 Å². The summed E-state index contributed by atoms with van der Waals surface area (Å²) in [5.41, 5.74) is 2.44. The molecule has 2 rings (SSSR count). The molecule has 1 N–H and O–H groups in total. The standard InChI is InChI=1S/C15H24N2O/c1-12(18)13-5-7-14(8-6-13)17-10-9-16(4)15(2,3)11-17/h5-8,12,18H,9-11H2,1-4H3/t12-/m1/s1. The summed E-state index contributed by atoms with van der Waals surface area (Å²) in [5, 5.41) is 9.52. The molecular formula is C15H24N2O. The molecule has 18 heavy (non-hydrogen) atoms. The summed E-state index contributed by atoms with van der Waals surface area (Å²) in [7, 11) is 2.19. The van der Waals surface area contributed by atoms with E-state index in [-0.39, 0.29) is 11.6 Å². The third-order valence-electron chi connectivity index (χ3n) is 4.06. The number of rotatable bonds is 2. The normalized spacial score (nSPS) is 21.9. The van der Waals surface area contributed by atoms with Gasteiger partial charge in [-0.2, -0.15) is 0 Å². The topological polar surface area (TPSA) is 26.7 Å². The van der Waals surface area contributed by atoms with Crippen molar-refractivity contribution in [1.82, 2.24) is 4.90 Å². The predicted molar refractivity (Wildman–Crippen MR) is 76.0 cm³/mol. The van der Waals surface area contributed by atoms with Crippen molar-refractivity contribution in [2.45, 2.75) is 32.4 Å². The molecule has 3 nitrogen and oxygen atoms in total. The Morgan fingerprint density at radius 2 is 1.78 bits per heavy atom. The Hall–Kier alpha value is -1.06. The van der Waals surface area contributed by atoms with Gasteiger partial charge >= 0.3 is 0 Å². The van der Waals surface area contributed by atoms with E-state index >= 15 is 0 Å². The van der Waals surface area contributed by atoms with E-state index in [0.717, 1.165) is 25.2 Å². The zero-order chi connectivity index (χ0) is 13.3. The largest absolute Gasteiger partial charge is 0.389 e. The number of hydrogen-bond acceptors (Lipinski definition) is 3. The quantitative estimate of drug-likeness (QED) is 0.870. The Labute approximate surface area is 110 Å². The molecule has 1 atom stereocenters. The van der Waals surface area contributed by atoms with Crippen molar-refractivity contribution in [1.29, 1.82) is 0 Å². The molecule has 0 bridgehead atoms. The zero-order valence-electron chi connectivity index (χ0n) is 11.8. The number of piperazine rings is 1. The molecule has 1 aromatic carbocycles. The van der Waals surface area contributed by atoms with Crippen molar-refractivity contribution in [3.8, 4) is 0 Å². The highest BCUT2D eigenvalue weighted by Gasteiger charge is 2.30. The van der Waals surface area contributed by atoms with Gasteiger partial charge in [0.2, 0.25) is 0 Å². The van der Waals surface area contributed by atoms with Crippen LogP contribution in [0.2, 0.25) is 0 Å². The van der Waals surface area contributed by atoms with Gasteiger partial charge in [0.05, 0.1) is 6.10 Å². The summed E-state index contributed by atoms with van der Waals surface area (Å²) < 4.78 is 0. The lowest BCUT2D eigenvalue weighted by molar-refractivity contribution is 0.139. The highest BCUT2D eigenvalue weighted by Crippen LogP contribution is 2.25. The maximum atomic E-state index is 9.52. The molecule has 0 aliphatic carbocycles. The maximum Gasteiger partial charge on any atom is 0.0761 e. The second kappa shape index (κ2) is 4.90. The van der Waals surface area contributed by atoms with Crippen LogP contribution in [0.25, 0.3) is 0 Å². The predicted octanol–water partition coefficient (Wildman–Crippen LogP) is 2.27. The van der Waals surface area contributed by atoms with Crippen molar-refractivity contribution >= 4 is 5.69 Å². The molecule has 1 aromatic rings. The Morgan fingerprint density at radius 1 is 1.17 bits per heavy atom. The molecule has 1 aliphatic heterocycles. The van der Waals surface area contributed by atoms with Crippen molar-refractivity contribution in [2.24, 2.45) is 0 Å². The van der Waals surface area contributed by atoms with Crippen LogP contribution >= 0.6 is 0 Å². The average Bonchev–Trinajstić information content (AvgIpc) is 2.33. The van der Waals surface area contributed by atoms with Gasteiger partial charge in [0, 0.05) is 30.9 Å². The number of anilines is 1. The summed E-state index contributed by atoms with van der Waals surface area (Å²) in [6.07, 6.45) is -0.386. The van der Waals surface area contributed by atoms with Crippen LogP contribution in [-0.2, 0) is 0 Å². The SMILES string of the molecule is C[C@@H](O)c1ccc(N2CCN(C)C(C)(C)C2)cc1. The van der Waals surface area contributed by atoms with Crippen molar-refractivity contribution in [2.75, 3.05) is 31.6 Å². The number of hydrogen-bond donors (Lipinski definition) is 1. The minimum atomic E-state index is -0.386. The minimum absolute atomic E-state index is 0.210. The monoisotopic (exact) mass is 248 g/mol. The van der Waals surface area contributed by atoms with Crippen LogP contribution < -0.4 is 4.90 Å². The lowest BCUT2D eigenvalue weighted by atomic mass is 9.99. The molecule has 100 valence electrons. The van der Waals surface area contributed by atoms with E-state index in [9.17, 15) is 5.11 Å². The van der Waals surface area contributed by atoms with Gasteiger partial charge < -0.3 is 10.0 Å². The van der Waals surface area contributed by atoms with E-state index in [1.807, 2.05) is 12.1 Å². The summed E-state index contributed by atoms with van der Waals surface area (Å²) in [6.45, 7) is 9.55. The summed E-state index contributed by atoms with van der Waals surface area (Å²) in [5.74, 6) is 0. The molecule has 0 saturated carbocycles. The van der Waals surface area contributed by atoms with Crippen LogP contribution in [0.3, 0.4) is 0 Å². The fraction of sp³-hybridized carbons (Fsp3) is 0.600. The number of aliphatic hydroxyl groups excluding tert-OH is 1. The van der Waals surface area contributed by atoms with E-state index in [0.29, 0.717) is 0 Å². The molecule has 1 aliphatic rings. The van der Waals surface area contributed by atoms with Crippen LogP contribution in [0.4, 0.5) is 5.69 Å². The van der Waals surface area contributed by atoms with Gasteiger partial charge in [0.1, 0.15) is 0 Å². The van der Waals surface area contributed by atoms with Crippen LogP contribution in [0.15, 0.2) is 24.3 Å². The molecule has 0 amide bonds. The van der Waals surface area contributed by atoms with Crippen LogP contribution in [-0.4, -0.2) is 42.2 Å². The molecule has 0 unspecified atom stereocenters. The van der Waals surface area contributed by atoms with Crippen LogP contribution in [0.5, 0.6) is 0 Å². The second-order valence-electron chi connectivity index (χ2n) is 5.92. The molecule has 1 fully saturated rings. The van der Waals surface area contributed by atoms with Crippen molar-refractivity contribution in [3.63, 3.8) is 0 Å². The average molecular weight is 248 g/mol. The Bertz CT molecular complexity index is 397. The van der Waals surface area contributed by atoms with Gasteiger partial charge in [-0.05, 0) is 45.5 Å². The first kappa shape index (κ1) is 13.4. The Kier molecular flexibility index (Phi) is 3.64. The number of nitrogens with zero attached hydrogens (tertiary/aromatic N) is 2. The Balaban J connectivity index is 2.13. The van der Waals surface area contributed by atoms with E-state index in [1.54, 1.807) is 6.92 Å². The number of likely N-dealkylation sites (N-methyl/N-ethyl adjacent to an activating group) is 1. The lowest BCUT2D eigenvalue weighted by Crippen LogP contribution is -2.57. The second-order valence-corrected chi connectivity index (χ2v) is 5.92. The third kappa shape index (κ3) is 2.68. The molecule has 0 spiro atoms. The van der Waals surface area contributed by atoms with Gasteiger partial charge in [-0.25, -0.2) is 0 Å². The Morgan fingerprint density at radius 3 is 2.28 bits per heavy atom. The molecule has 1 heterocycles. The number of benzene rings is 1. The van der Waals surface area contributed by atoms with Crippen LogP contribution in [0, 0.1) is 0 Å². The van der Waals surface area contributed by atoms with E-state index in [4.69, 9.17) is 0 Å². The zero-order valence-corrected chi connectivity index (χ0v) is 11.8.